The van der Waals surface area contributed by atoms with Crippen LogP contribution in [0.2, 0.25) is 0 Å². The van der Waals surface area contributed by atoms with Gasteiger partial charge in [-0.3, -0.25) is 0 Å². The Labute approximate surface area is 60.3 Å². The lowest BCUT2D eigenvalue weighted by molar-refractivity contribution is -0.138. The van der Waals surface area contributed by atoms with E-state index in [1.54, 1.807) is 7.11 Å². The topological polar surface area (TPSA) is 35.5 Å². The number of carbonyl (C=O) groups is 1. The zero-order chi connectivity index (χ0) is 7.56. The van der Waals surface area contributed by atoms with Crippen LogP contribution in [0.4, 0.5) is 0 Å². The lowest BCUT2D eigenvalue weighted by Crippen LogP contribution is -2.18. The van der Waals surface area contributed by atoms with Gasteiger partial charge in [-0.15, -0.1) is 0 Å². The molecule has 3 heteroatoms. The van der Waals surface area contributed by atoms with Crippen molar-refractivity contribution in [2.45, 2.75) is 25.7 Å². The summed E-state index contributed by atoms with van der Waals surface area (Å²) in [6, 6.07) is 0. The zero-order valence-electron chi connectivity index (χ0n) is 6.24. The van der Waals surface area contributed by atoms with E-state index in [0.717, 1.165) is 12.7 Å². The van der Waals surface area contributed by atoms with E-state index in [0.29, 0.717) is 0 Å². The van der Waals surface area contributed by atoms with Crippen molar-refractivity contribution in [2.24, 2.45) is 5.92 Å². The molecular formula is C7H12O3. The van der Waals surface area contributed by atoms with Gasteiger partial charge < -0.3 is 14.3 Å². The summed E-state index contributed by atoms with van der Waals surface area (Å²) in [6.45, 7) is 1.94. The van der Waals surface area contributed by atoms with E-state index < -0.39 is 0 Å². The minimum atomic E-state index is -0.313. The van der Waals surface area contributed by atoms with Crippen LogP contribution in [0.1, 0.15) is 13.3 Å². The fourth-order valence-corrected chi connectivity index (χ4v) is 1.23. The van der Waals surface area contributed by atoms with Gasteiger partial charge in [-0.25, -0.2) is 0 Å². The second-order valence-electron chi connectivity index (χ2n) is 2.59. The van der Waals surface area contributed by atoms with E-state index in [4.69, 9.17) is 9.47 Å². The predicted octanol–water partition coefficient (Wildman–Crippen LogP) is 0.583. The van der Waals surface area contributed by atoms with Crippen LogP contribution in [-0.2, 0) is 14.3 Å². The van der Waals surface area contributed by atoms with Gasteiger partial charge in [0.2, 0.25) is 0 Å². The summed E-state index contributed by atoms with van der Waals surface area (Å²) in [5.74, 6) is -0.0694. The maximum Gasteiger partial charge on any atom is 0.167 e. The first-order valence-corrected chi connectivity index (χ1v) is 3.41. The van der Waals surface area contributed by atoms with Gasteiger partial charge in [0.15, 0.2) is 6.29 Å². The Morgan fingerprint density at radius 1 is 1.70 bits per heavy atom. The van der Waals surface area contributed by atoms with Crippen molar-refractivity contribution in [3.05, 3.63) is 0 Å². The Kier molecular flexibility index (Phi) is 2.40. The highest BCUT2D eigenvalue weighted by molar-refractivity contribution is 5.54. The Morgan fingerprint density at radius 2 is 2.40 bits per heavy atom. The third-order valence-electron chi connectivity index (χ3n) is 1.73. The second kappa shape index (κ2) is 3.12. The molecule has 1 fully saturated rings. The molecule has 0 aromatic rings. The number of hydrogen-bond donors (Lipinski definition) is 0. The normalized spacial score (nSPS) is 40.0. The highest BCUT2D eigenvalue weighted by atomic mass is 16.7. The lowest BCUT2D eigenvalue weighted by Gasteiger charge is -2.10. The molecule has 1 rings (SSSR count). The molecule has 0 bridgehead atoms. The molecule has 1 aliphatic rings. The van der Waals surface area contributed by atoms with Crippen LogP contribution in [-0.4, -0.2) is 25.8 Å². The van der Waals surface area contributed by atoms with E-state index in [-0.39, 0.29) is 18.3 Å². The van der Waals surface area contributed by atoms with Gasteiger partial charge in [0, 0.05) is 7.11 Å². The minimum Gasteiger partial charge on any atom is -0.355 e. The average molecular weight is 144 g/mol. The van der Waals surface area contributed by atoms with Crippen molar-refractivity contribution in [1.82, 2.24) is 0 Å². The molecule has 3 atom stereocenters. The maximum absolute atomic E-state index is 10.4. The first-order chi connectivity index (χ1) is 4.77. The summed E-state index contributed by atoms with van der Waals surface area (Å²) in [4.78, 5) is 10.4. The van der Waals surface area contributed by atoms with E-state index in [1.165, 1.54) is 0 Å². The summed E-state index contributed by atoms with van der Waals surface area (Å²) in [6.07, 6.45) is 1.52. The van der Waals surface area contributed by atoms with E-state index >= 15 is 0 Å². The van der Waals surface area contributed by atoms with Gasteiger partial charge in [-0.05, 0) is 13.3 Å². The lowest BCUT2D eigenvalue weighted by atomic mass is 10.1. The molecule has 0 N–H and O–H groups in total. The number of carbonyl (C=O) groups excluding carboxylic acids is 1. The Balaban J connectivity index is 2.48. The molecule has 0 amide bonds. The fraction of sp³-hybridized carbons (Fsp3) is 0.857. The summed E-state index contributed by atoms with van der Waals surface area (Å²) in [7, 11) is 1.55. The van der Waals surface area contributed by atoms with Gasteiger partial charge >= 0.3 is 0 Å². The van der Waals surface area contributed by atoms with Gasteiger partial charge in [-0.2, -0.15) is 0 Å². The Hall–Kier alpha value is -0.410. The molecular weight excluding hydrogens is 132 g/mol. The first-order valence-electron chi connectivity index (χ1n) is 3.41. The third kappa shape index (κ3) is 1.36. The molecule has 0 saturated carbocycles. The summed E-state index contributed by atoms with van der Waals surface area (Å²) in [5, 5.41) is 0. The molecule has 1 heterocycles. The summed E-state index contributed by atoms with van der Waals surface area (Å²) < 4.78 is 10.2. The predicted molar refractivity (Wildman–Crippen MR) is 35.5 cm³/mol. The van der Waals surface area contributed by atoms with Crippen molar-refractivity contribution >= 4 is 6.29 Å². The minimum absolute atomic E-state index is 0.0694. The van der Waals surface area contributed by atoms with Gasteiger partial charge in [0.05, 0.1) is 12.0 Å². The van der Waals surface area contributed by atoms with Crippen LogP contribution < -0.4 is 0 Å². The molecule has 3 unspecified atom stereocenters. The fourth-order valence-electron chi connectivity index (χ4n) is 1.23. The second-order valence-corrected chi connectivity index (χ2v) is 2.59. The largest absolute Gasteiger partial charge is 0.355 e. The maximum atomic E-state index is 10.4. The van der Waals surface area contributed by atoms with Crippen molar-refractivity contribution in [2.75, 3.05) is 7.11 Å². The molecule has 3 nitrogen and oxygen atoms in total. The van der Waals surface area contributed by atoms with Gasteiger partial charge in [-0.1, -0.05) is 0 Å². The Bertz CT molecular complexity index is 124. The van der Waals surface area contributed by atoms with Gasteiger partial charge in [0.25, 0.3) is 0 Å². The first kappa shape index (κ1) is 7.69. The molecule has 58 valence electrons. The van der Waals surface area contributed by atoms with E-state index in [9.17, 15) is 4.79 Å². The van der Waals surface area contributed by atoms with E-state index in [1.807, 2.05) is 6.92 Å². The van der Waals surface area contributed by atoms with Crippen LogP contribution in [0.5, 0.6) is 0 Å². The number of hydrogen-bond acceptors (Lipinski definition) is 3. The van der Waals surface area contributed by atoms with Crippen molar-refractivity contribution in [3.8, 4) is 0 Å². The molecule has 10 heavy (non-hydrogen) atoms. The highest BCUT2D eigenvalue weighted by Crippen LogP contribution is 2.24. The average Bonchev–Trinajstić information content (AvgIpc) is 2.30. The SMILES string of the molecule is COC1OC(C)CC1C=O. The van der Waals surface area contributed by atoms with Crippen LogP contribution in [0, 0.1) is 5.92 Å². The summed E-state index contributed by atoms with van der Waals surface area (Å²) in [5.41, 5.74) is 0. The molecule has 1 aliphatic heterocycles. The zero-order valence-corrected chi connectivity index (χ0v) is 6.24. The molecule has 0 aromatic heterocycles. The molecule has 1 saturated heterocycles. The van der Waals surface area contributed by atoms with Crippen LogP contribution in [0.3, 0.4) is 0 Å². The van der Waals surface area contributed by atoms with Gasteiger partial charge in [0.1, 0.15) is 6.29 Å². The van der Waals surface area contributed by atoms with Crippen molar-refractivity contribution in [3.63, 3.8) is 0 Å². The molecule has 0 aromatic carbocycles. The monoisotopic (exact) mass is 144 g/mol. The van der Waals surface area contributed by atoms with Crippen LogP contribution >= 0.6 is 0 Å². The van der Waals surface area contributed by atoms with Crippen molar-refractivity contribution in [1.29, 1.82) is 0 Å². The number of ether oxygens (including phenoxy) is 2. The third-order valence-corrected chi connectivity index (χ3v) is 1.73. The van der Waals surface area contributed by atoms with Crippen LogP contribution in [0.25, 0.3) is 0 Å². The van der Waals surface area contributed by atoms with Crippen molar-refractivity contribution < 1.29 is 14.3 Å². The standard InChI is InChI=1S/C7H12O3/c1-5-3-6(4-8)7(9-2)10-5/h4-7H,3H2,1-2H3. The quantitative estimate of drug-likeness (QED) is 0.532. The number of methoxy groups -OCH3 is 1. The molecule has 0 radical (unpaired) electrons. The Morgan fingerprint density at radius 3 is 2.80 bits per heavy atom. The number of rotatable bonds is 2. The molecule has 0 aliphatic carbocycles. The molecule has 0 spiro atoms. The van der Waals surface area contributed by atoms with Crippen LogP contribution in [0.15, 0.2) is 0 Å². The smallest absolute Gasteiger partial charge is 0.167 e. The highest BCUT2D eigenvalue weighted by Gasteiger charge is 2.32. The van der Waals surface area contributed by atoms with E-state index in [2.05, 4.69) is 0 Å². The summed E-state index contributed by atoms with van der Waals surface area (Å²) >= 11 is 0. The number of aldehydes is 1.